The Bertz CT molecular complexity index is 816. The van der Waals surface area contributed by atoms with Gasteiger partial charge in [0.2, 0.25) is 5.91 Å². The molecule has 1 N–H and O–H groups in total. The molecule has 2 atom stereocenters. The highest BCUT2D eigenvalue weighted by molar-refractivity contribution is 7.13. The Hall–Kier alpha value is -2.41. The van der Waals surface area contributed by atoms with Gasteiger partial charge in [-0.15, -0.1) is 11.3 Å². The zero-order valence-electron chi connectivity index (χ0n) is 15.4. The zero-order chi connectivity index (χ0) is 18.8. The smallest absolute Gasteiger partial charge is 0.265 e. The van der Waals surface area contributed by atoms with Crippen LogP contribution in [0.15, 0.2) is 24.3 Å². The molecule has 7 heteroatoms. The topological polar surface area (TPSA) is 71.5 Å². The van der Waals surface area contributed by atoms with E-state index in [9.17, 15) is 9.59 Å². The molecule has 0 bridgehead atoms. The van der Waals surface area contributed by atoms with Gasteiger partial charge in [-0.1, -0.05) is 12.1 Å². The largest absolute Gasteiger partial charge is 0.497 e. The van der Waals surface area contributed by atoms with E-state index in [-0.39, 0.29) is 23.8 Å². The Morgan fingerprint density at radius 2 is 1.92 bits per heavy atom. The minimum atomic E-state index is -0.112. The van der Waals surface area contributed by atoms with E-state index in [0.717, 1.165) is 22.0 Å². The molecule has 2 unspecified atom stereocenters. The van der Waals surface area contributed by atoms with Gasteiger partial charge in [-0.3, -0.25) is 9.59 Å². The molecule has 2 aromatic rings. The summed E-state index contributed by atoms with van der Waals surface area (Å²) in [6.45, 7) is 6.32. The van der Waals surface area contributed by atoms with E-state index in [0.29, 0.717) is 18.0 Å². The summed E-state index contributed by atoms with van der Waals surface area (Å²) in [5.74, 6) is 0.724. The van der Waals surface area contributed by atoms with Crippen LogP contribution < -0.4 is 10.1 Å². The molecule has 3 rings (SSSR count). The van der Waals surface area contributed by atoms with Gasteiger partial charge >= 0.3 is 0 Å². The van der Waals surface area contributed by atoms with Gasteiger partial charge in [-0.2, -0.15) is 0 Å². The van der Waals surface area contributed by atoms with Crippen LogP contribution in [0.2, 0.25) is 0 Å². The summed E-state index contributed by atoms with van der Waals surface area (Å²) in [4.78, 5) is 31.4. The SMILES string of the molecule is COc1ccc(C2CN(C(=O)c3sc(C)nc3C)CC2NC(C)=O)cc1. The highest BCUT2D eigenvalue weighted by Gasteiger charge is 2.37. The number of methoxy groups -OCH3 is 1. The lowest BCUT2D eigenvalue weighted by Gasteiger charge is -2.19. The molecular weight excluding hydrogens is 350 g/mol. The summed E-state index contributed by atoms with van der Waals surface area (Å²) in [5.41, 5.74) is 1.85. The fourth-order valence-electron chi connectivity index (χ4n) is 3.44. The predicted octanol–water partition coefficient (Wildman–Crippen LogP) is 2.51. The average molecular weight is 373 g/mol. The van der Waals surface area contributed by atoms with Crippen molar-refractivity contribution in [3.63, 3.8) is 0 Å². The normalized spacial score (nSPS) is 19.5. The van der Waals surface area contributed by atoms with Crippen LogP contribution in [0.4, 0.5) is 0 Å². The van der Waals surface area contributed by atoms with Crippen molar-refractivity contribution in [2.75, 3.05) is 20.2 Å². The van der Waals surface area contributed by atoms with Gasteiger partial charge in [-0.25, -0.2) is 4.98 Å². The Balaban J connectivity index is 1.84. The first-order valence-corrected chi connectivity index (χ1v) is 9.35. The van der Waals surface area contributed by atoms with Crippen LogP contribution in [-0.2, 0) is 4.79 Å². The summed E-state index contributed by atoms with van der Waals surface area (Å²) in [7, 11) is 1.63. The van der Waals surface area contributed by atoms with Crippen molar-refractivity contribution in [3.8, 4) is 5.75 Å². The number of hydrogen-bond acceptors (Lipinski definition) is 5. The van der Waals surface area contributed by atoms with E-state index in [1.165, 1.54) is 18.3 Å². The molecule has 0 saturated carbocycles. The Morgan fingerprint density at radius 3 is 2.46 bits per heavy atom. The van der Waals surface area contributed by atoms with Crippen molar-refractivity contribution < 1.29 is 14.3 Å². The van der Waals surface area contributed by atoms with E-state index >= 15 is 0 Å². The van der Waals surface area contributed by atoms with Gasteiger partial charge in [-0.05, 0) is 31.5 Å². The summed E-state index contributed by atoms with van der Waals surface area (Å²) >= 11 is 1.42. The second kappa shape index (κ2) is 7.45. The number of aryl methyl sites for hydroxylation is 2. The molecule has 0 radical (unpaired) electrons. The summed E-state index contributed by atoms with van der Waals surface area (Å²) in [5, 5.41) is 3.88. The third-order valence-corrected chi connectivity index (χ3v) is 5.70. The van der Waals surface area contributed by atoms with Crippen LogP contribution in [0.1, 0.15) is 38.8 Å². The van der Waals surface area contributed by atoms with Crippen LogP contribution in [0, 0.1) is 13.8 Å². The third kappa shape index (κ3) is 3.72. The van der Waals surface area contributed by atoms with Crippen LogP contribution in [0.3, 0.4) is 0 Å². The standard InChI is InChI=1S/C19H23N3O3S/c1-11-18(26-13(3)20-11)19(24)22-9-16(17(10-22)21-12(2)23)14-5-7-15(25-4)8-6-14/h5-8,16-17H,9-10H2,1-4H3,(H,21,23). The number of thiazole rings is 1. The first-order chi connectivity index (χ1) is 12.4. The highest BCUT2D eigenvalue weighted by atomic mass is 32.1. The number of rotatable bonds is 4. The molecule has 1 aliphatic heterocycles. The van der Waals surface area contributed by atoms with E-state index in [1.54, 1.807) is 7.11 Å². The third-order valence-electron chi connectivity index (χ3n) is 4.64. The molecule has 6 nitrogen and oxygen atoms in total. The van der Waals surface area contributed by atoms with E-state index < -0.39 is 0 Å². The number of aromatic nitrogens is 1. The molecule has 0 spiro atoms. The van der Waals surface area contributed by atoms with Crippen LogP contribution >= 0.6 is 11.3 Å². The maximum atomic E-state index is 13.0. The number of ether oxygens (including phenoxy) is 1. The van der Waals surface area contributed by atoms with Gasteiger partial charge < -0.3 is 15.0 Å². The number of benzene rings is 1. The maximum absolute atomic E-state index is 13.0. The van der Waals surface area contributed by atoms with E-state index in [2.05, 4.69) is 10.3 Å². The van der Waals surface area contributed by atoms with Gasteiger partial charge in [0.1, 0.15) is 10.6 Å². The van der Waals surface area contributed by atoms with Crippen molar-refractivity contribution >= 4 is 23.2 Å². The fourth-order valence-corrected chi connectivity index (χ4v) is 4.33. The quantitative estimate of drug-likeness (QED) is 0.894. The number of hydrogen-bond donors (Lipinski definition) is 1. The lowest BCUT2D eigenvalue weighted by Crippen LogP contribution is -2.39. The summed E-state index contributed by atoms with van der Waals surface area (Å²) in [6.07, 6.45) is 0. The second-order valence-electron chi connectivity index (χ2n) is 6.54. The van der Waals surface area contributed by atoms with Crippen LogP contribution in [0.25, 0.3) is 0 Å². The van der Waals surface area contributed by atoms with Gasteiger partial charge in [0.15, 0.2) is 0 Å². The molecule has 0 aliphatic carbocycles. The molecule has 138 valence electrons. The number of carbonyl (C=O) groups excluding carboxylic acids is 2. The minimum absolute atomic E-state index is 0.0144. The first kappa shape index (κ1) is 18.4. The molecule has 1 aromatic heterocycles. The molecule has 1 fully saturated rings. The molecule has 2 heterocycles. The van der Waals surface area contributed by atoms with Crippen molar-refractivity contribution in [1.29, 1.82) is 0 Å². The van der Waals surface area contributed by atoms with Gasteiger partial charge in [0.05, 0.1) is 23.9 Å². The maximum Gasteiger partial charge on any atom is 0.265 e. The molecule has 1 saturated heterocycles. The minimum Gasteiger partial charge on any atom is -0.497 e. The zero-order valence-corrected chi connectivity index (χ0v) is 16.2. The number of likely N-dealkylation sites (tertiary alicyclic amines) is 1. The number of carbonyl (C=O) groups is 2. The summed E-state index contributed by atoms with van der Waals surface area (Å²) < 4.78 is 5.22. The van der Waals surface area contributed by atoms with Crippen molar-refractivity contribution in [2.45, 2.75) is 32.7 Å². The van der Waals surface area contributed by atoms with Gasteiger partial charge in [0, 0.05) is 25.9 Å². The average Bonchev–Trinajstić information content (AvgIpc) is 3.16. The van der Waals surface area contributed by atoms with Crippen molar-refractivity contribution in [2.24, 2.45) is 0 Å². The van der Waals surface area contributed by atoms with Gasteiger partial charge in [0.25, 0.3) is 5.91 Å². The highest BCUT2D eigenvalue weighted by Crippen LogP contribution is 2.31. The predicted molar refractivity (Wildman–Crippen MR) is 101 cm³/mol. The van der Waals surface area contributed by atoms with Crippen molar-refractivity contribution in [1.82, 2.24) is 15.2 Å². The number of nitrogens with zero attached hydrogens (tertiary/aromatic N) is 2. The van der Waals surface area contributed by atoms with Crippen molar-refractivity contribution in [3.05, 3.63) is 45.4 Å². The van der Waals surface area contributed by atoms with E-state index in [1.807, 2.05) is 43.0 Å². The summed E-state index contributed by atoms with van der Waals surface area (Å²) in [6, 6.07) is 7.69. The molecular formula is C19H23N3O3S. The first-order valence-electron chi connectivity index (χ1n) is 8.53. The lowest BCUT2D eigenvalue weighted by molar-refractivity contribution is -0.119. The number of nitrogens with one attached hydrogen (secondary N) is 1. The van der Waals surface area contributed by atoms with Crippen LogP contribution in [-0.4, -0.2) is 47.9 Å². The molecule has 1 aromatic carbocycles. The fraction of sp³-hybridized carbons (Fsp3) is 0.421. The Morgan fingerprint density at radius 1 is 1.23 bits per heavy atom. The molecule has 2 amide bonds. The second-order valence-corrected chi connectivity index (χ2v) is 7.75. The van der Waals surface area contributed by atoms with Crippen LogP contribution in [0.5, 0.6) is 5.75 Å². The Kier molecular flexibility index (Phi) is 5.27. The Labute approximate surface area is 157 Å². The molecule has 26 heavy (non-hydrogen) atoms. The lowest BCUT2D eigenvalue weighted by atomic mass is 9.94. The number of amides is 2. The monoisotopic (exact) mass is 373 g/mol. The van der Waals surface area contributed by atoms with E-state index in [4.69, 9.17) is 4.74 Å². The molecule has 1 aliphatic rings.